The number of nitrogens with one attached hydrogen (secondary N) is 1. The number of nitrogens with two attached hydrogens (primary N) is 1. The fraction of sp³-hybridized carbons (Fsp3) is 0.182. The predicted octanol–water partition coefficient (Wildman–Crippen LogP) is 1.76. The molecule has 2 aromatic rings. The Morgan fingerprint density at radius 2 is 2.11 bits per heavy atom. The number of sulfonamides is 1. The summed E-state index contributed by atoms with van der Waals surface area (Å²) < 4.78 is 28.4. The number of rotatable bonds is 3. The Balaban J connectivity index is 2.49. The Morgan fingerprint density at radius 3 is 2.63 bits per heavy atom. The first-order valence-electron chi connectivity index (χ1n) is 5.37. The Kier molecular flexibility index (Phi) is 3.42. The second-order valence-corrected chi connectivity index (χ2v) is 6.09. The minimum Gasteiger partial charge on any atom is -0.381 e. The Morgan fingerprint density at radius 1 is 1.42 bits per heavy atom. The maximum atomic E-state index is 12.3. The van der Waals surface area contributed by atoms with E-state index in [0.29, 0.717) is 10.7 Å². The topological polar surface area (TPSA) is 90.0 Å². The number of para-hydroxylation sites is 1. The average Bonchev–Trinajstić information content (AvgIpc) is 2.64. The second kappa shape index (κ2) is 4.75. The van der Waals surface area contributed by atoms with Gasteiger partial charge in [-0.2, -0.15) is 8.42 Å². The summed E-state index contributed by atoms with van der Waals surface area (Å²) in [6, 6.07) is 5.11. The molecule has 3 N–H and O–H groups in total. The summed E-state index contributed by atoms with van der Waals surface area (Å²) in [5.74, 6) is -0.0558. The molecule has 0 saturated heterocycles. The molecule has 0 radical (unpaired) electrons. The van der Waals surface area contributed by atoms with Gasteiger partial charge in [0.2, 0.25) is 0 Å². The molecule has 102 valence electrons. The molecule has 0 saturated carbocycles. The van der Waals surface area contributed by atoms with Crippen LogP contribution in [0.25, 0.3) is 0 Å². The minimum absolute atomic E-state index is 0.0558. The highest BCUT2D eigenvalue weighted by Crippen LogP contribution is 2.28. The van der Waals surface area contributed by atoms with Crippen LogP contribution < -0.4 is 10.5 Å². The van der Waals surface area contributed by atoms with Gasteiger partial charge in [-0.25, -0.2) is 4.98 Å². The number of hydrogen-bond donors (Lipinski definition) is 2. The van der Waals surface area contributed by atoms with Crippen LogP contribution in [0.2, 0.25) is 5.02 Å². The molecule has 6 nitrogen and oxygen atoms in total. The summed E-state index contributed by atoms with van der Waals surface area (Å²) >= 11 is 6.00. The lowest BCUT2D eigenvalue weighted by atomic mass is 10.2. The van der Waals surface area contributed by atoms with Crippen LogP contribution in [-0.2, 0) is 17.1 Å². The molecule has 0 fully saturated rings. The van der Waals surface area contributed by atoms with E-state index in [0.717, 1.165) is 5.56 Å². The zero-order chi connectivity index (χ0) is 14.2. The molecule has 0 bridgehead atoms. The maximum absolute atomic E-state index is 12.3. The zero-order valence-electron chi connectivity index (χ0n) is 10.4. The molecule has 1 aromatic heterocycles. The Labute approximate surface area is 116 Å². The van der Waals surface area contributed by atoms with Crippen molar-refractivity contribution in [2.75, 3.05) is 10.5 Å². The SMILES string of the molecule is Cc1cccc(Cl)c1NS(=O)(=O)c1c(N)ncn1C. The molecule has 0 amide bonds. The van der Waals surface area contributed by atoms with Gasteiger partial charge in [-0.1, -0.05) is 23.7 Å². The predicted molar refractivity (Wildman–Crippen MR) is 74.6 cm³/mol. The summed E-state index contributed by atoms with van der Waals surface area (Å²) in [6.07, 6.45) is 1.34. The largest absolute Gasteiger partial charge is 0.381 e. The van der Waals surface area contributed by atoms with Crippen molar-refractivity contribution in [1.82, 2.24) is 9.55 Å². The number of anilines is 2. The van der Waals surface area contributed by atoms with Gasteiger partial charge in [0.15, 0.2) is 10.8 Å². The number of nitrogens with zero attached hydrogens (tertiary/aromatic N) is 2. The fourth-order valence-electron chi connectivity index (χ4n) is 1.71. The highest BCUT2D eigenvalue weighted by atomic mass is 35.5. The molecular weight excluding hydrogens is 288 g/mol. The standard InChI is InChI=1S/C11H13ClN4O2S/c1-7-4-3-5-8(12)9(7)15-19(17,18)11-10(13)14-6-16(11)2/h3-6,15H,13H2,1-2H3. The van der Waals surface area contributed by atoms with Crippen molar-refractivity contribution in [1.29, 1.82) is 0 Å². The molecular formula is C11H13ClN4O2S. The zero-order valence-corrected chi connectivity index (χ0v) is 12.0. The lowest BCUT2D eigenvalue weighted by Crippen LogP contribution is -2.18. The van der Waals surface area contributed by atoms with Crippen molar-refractivity contribution in [3.8, 4) is 0 Å². The second-order valence-electron chi connectivity index (χ2n) is 4.08. The van der Waals surface area contributed by atoms with Gasteiger partial charge in [-0.3, -0.25) is 4.72 Å². The van der Waals surface area contributed by atoms with Crippen LogP contribution in [0.1, 0.15) is 5.56 Å². The average molecular weight is 301 g/mol. The summed E-state index contributed by atoms with van der Waals surface area (Å²) in [7, 11) is -2.28. The lowest BCUT2D eigenvalue weighted by Gasteiger charge is -2.12. The van der Waals surface area contributed by atoms with Crippen molar-refractivity contribution in [2.45, 2.75) is 11.9 Å². The highest BCUT2D eigenvalue weighted by Gasteiger charge is 2.23. The van der Waals surface area contributed by atoms with E-state index in [-0.39, 0.29) is 10.8 Å². The van der Waals surface area contributed by atoms with E-state index >= 15 is 0 Å². The highest BCUT2D eigenvalue weighted by molar-refractivity contribution is 7.92. The van der Waals surface area contributed by atoms with E-state index in [1.807, 2.05) is 0 Å². The van der Waals surface area contributed by atoms with E-state index in [2.05, 4.69) is 9.71 Å². The van der Waals surface area contributed by atoms with Gasteiger partial charge in [0.05, 0.1) is 17.0 Å². The molecule has 0 unspecified atom stereocenters. The molecule has 1 heterocycles. The molecule has 2 rings (SSSR count). The monoisotopic (exact) mass is 300 g/mol. The van der Waals surface area contributed by atoms with Crippen LogP contribution in [0.5, 0.6) is 0 Å². The first kappa shape index (κ1) is 13.7. The van der Waals surface area contributed by atoms with Crippen molar-refractivity contribution >= 4 is 33.1 Å². The van der Waals surface area contributed by atoms with Crippen LogP contribution >= 0.6 is 11.6 Å². The van der Waals surface area contributed by atoms with Crippen LogP contribution in [0, 0.1) is 6.92 Å². The first-order valence-corrected chi connectivity index (χ1v) is 7.24. The van der Waals surface area contributed by atoms with Crippen LogP contribution in [0.3, 0.4) is 0 Å². The summed E-state index contributed by atoms with van der Waals surface area (Å²) in [4.78, 5) is 3.76. The smallest absolute Gasteiger partial charge is 0.281 e. The van der Waals surface area contributed by atoms with Gasteiger partial charge in [-0.15, -0.1) is 0 Å². The Hall–Kier alpha value is -1.73. The summed E-state index contributed by atoms with van der Waals surface area (Å²) in [6.45, 7) is 1.76. The molecule has 0 atom stereocenters. The van der Waals surface area contributed by atoms with Crippen molar-refractivity contribution in [2.24, 2.45) is 7.05 Å². The van der Waals surface area contributed by atoms with E-state index in [4.69, 9.17) is 17.3 Å². The van der Waals surface area contributed by atoms with Crippen molar-refractivity contribution in [3.05, 3.63) is 35.1 Å². The van der Waals surface area contributed by atoms with Gasteiger partial charge in [-0.05, 0) is 18.6 Å². The summed E-state index contributed by atoms with van der Waals surface area (Å²) in [5, 5.41) is 0.233. The first-order chi connectivity index (χ1) is 8.83. The van der Waals surface area contributed by atoms with Crippen LogP contribution in [-0.4, -0.2) is 18.0 Å². The quantitative estimate of drug-likeness (QED) is 0.904. The molecule has 8 heteroatoms. The van der Waals surface area contributed by atoms with E-state index in [1.54, 1.807) is 32.2 Å². The van der Waals surface area contributed by atoms with Gasteiger partial charge < -0.3 is 10.3 Å². The van der Waals surface area contributed by atoms with E-state index in [1.165, 1.54) is 10.9 Å². The third-order valence-electron chi connectivity index (χ3n) is 2.62. The van der Waals surface area contributed by atoms with Crippen molar-refractivity contribution in [3.63, 3.8) is 0 Å². The molecule has 0 aliphatic rings. The molecule has 0 aliphatic carbocycles. The third-order valence-corrected chi connectivity index (χ3v) is 4.42. The minimum atomic E-state index is -3.84. The number of hydrogen-bond acceptors (Lipinski definition) is 4. The fourth-order valence-corrected chi connectivity index (χ4v) is 3.42. The van der Waals surface area contributed by atoms with Gasteiger partial charge in [0, 0.05) is 7.05 Å². The molecule has 19 heavy (non-hydrogen) atoms. The lowest BCUT2D eigenvalue weighted by molar-refractivity contribution is 0.592. The van der Waals surface area contributed by atoms with Gasteiger partial charge >= 0.3 is 0 Å². The van der Waals surface area contributed by atoms with Crippen molar-refractivity contribution < 1.29 is 8.42 Å². The molecule has 0 aliphatic heterocycles. The Bertz CT molecular complexity index is 685. The number of halogens is 1. The third kappa shape index (κ3) is 2.52. The number of aromatic nitrogens is 2. The normalized spacial score (nSPS) is 11.5. The van der Waals surface area contributed by atoms with E-state index in [9.17, 15) is 8.42 Å². The number of imidazole rings is 1. The summed E-state index contributed by atoms with van der Waals surface area (Å²) in [5.41, 5.74) is 6.63. The molecule has 1 aromatic carbocycles. The molecule has 0 spiro atoms. The number of aryl methyl sites for hydroxylation is 2. The van der Waals surface area contributed by atoms with Crippen LogP contribution in [0.15, 0.2) is 29.6 Å². The van der Waals surface area contributed by atoms with Gasteiger partial charge in [0.1, 0.15) is 0 Å². The van der Waals surface area contributed by atoms with Gasteiger partial charge in [0.25, 0.3) is 10.0 Å². The van der Waals surface area contributed by atoms with Crippen LogP contribution in [0.4, 0.5) is 11.5 Å². The van der Waals surface area contributed by atoms with E-state index < -0.39 is 10.0 Å². The number of nitrogen functional groups attached to an aromatic ring is 1. The number of benzene rings is 1. The maximum Gasteiger partial charge on any atom is 0.281 e.